The molecule has 25 heavy (non-hydrogen) atoms. The number of hydrogen-bond donors (Lipinski definition) is 0. The molecule has 3 heterocycles. The minimum Gasteiger partial charge on any atom is -0.336 e. The minimum absolute atomic E-state index is 0.0268. The summed E-state index contributed by atoms with van der Waals surface area (Å²) in [6.45, 7) is 3.99. The largest absolute Gasteiger partial charge is 0.336 e. The molecular formula is C16H22ClN5O3. The Morgan fingerprint density at radius 2 is 1.76 bits per heavy atom. The first-order chi connectivity index (χ1) is 11.7. The summed E-state index contributed by atoms with van der Waals surface area (Å²) in [5.41, 5.74) is -0.639. The predicted molar refractivity (Wildman–Crippen MR) is 94.8 cm³/mol. The van der Waals surface area contributed by atoms with Crippen LogP contribution in [0.1, 0.15) is 33.1 Å². The molecule has 136 valence electrons. The zero-order valence-corrected chi connectivity index (χ0v) is 15.6. The molecule has 0 spiro atoms. The molecule has 1 fully saturated rings. The number of aryl methyl sites for hydroxylation is 1. The summed E-state index contributed by atoms with van der Waals surface area (Å²) < 4.78 is 3.65. The summed E-state index contributed by atoms with van der Waals surface area (Å²) >= 11 is 6.19. The van der Waals surface area contributed by atoms with Gasteiger partial charge in [-0.25, -0.2) is 4.79 Å². The van der Waals surface area contributed by atoms with Crippen molar-refractivity contribution in [3.8, 4) is 0 Å². The van der Waals surface area contributed by atoms with Gasteiger partial charge in [-0.05, 0) is 44.7 Å². The first kappa shape index (κ1) is 17.7. The Hall–Kier alpha value is -2.09. The van der Waals surface area contributed by atoms with Crippen molar-refractivity contribution >= 4 is 28.7 Å². The van der Waals surface area contributed by atoms with Crippen molar-refractivity contribution in [1.29, 1.82) is 0 Å². The molecule has 0 radical (unpaired) electrons. The summed E-state index contributed by atoms with van der Waals surface area (Å²) in [6.07, 6.45) is 3.03. The van der Waals surface area contributed by atoms with Crippen molar-refractivity contribution in [2.75, 3.05) is 0 Å². The molecule has 0 N–H and O–H groups in total. The van der Waals surface area contributed by atoms with Gasteiger partial charge in [0.1, 0.15) is 6.54 Å². The quantitative estimate of drug-likeness (QED) is 0.738. The molecule has 1 aliphatic heterocycles. The van der Waals surface area contributed by atoms with Crippen LogP contribution in [0, 0.1) is 0 Å². The second kappa shape index (κ2) is 6.33. The maximum Gasteiger partial charge on any atom is 0.332 e. The van der Waals surface area contributed by atoms with E-state index in [0.29, 0.717) is 0 Å². The molecule has 0 bridgehead atoms. The van der Waals surface area contributed by atoms with E-state index in [0.717, 1.165) is 23.8 Å². The molecule has 2 atom stereocenters. The summed E-state index contributed by atoms with van der Waals surface area (Å²) in [5.74, 6) is -0.100. The van der Waals surface area contributed by atoms with E-state index in [4.69, 9.17) is 11.6 Å². The molecule has 1 aliphatic rings. The van der Waals surface area contributed by atoms with E-state index in [1.54, 1.807) is 0 Å². The topological polar surface area (TPSA) is 82.1 Å². The Morgan fingerprint density at radius 1 is 1.16 bits per heavy atom. The highest BCUT2D eigenvalue weighted by Gasteiger charge is 2.30. The van der Waals surface area contributed by atoms with Gasteiger partial charge in [-0.1, -0.05) is 0 Å². The smallest absolute Gasteiger partial charge is 0.332 e. The number of carbonyl (C=O) groups is 1. The third-order valence-corrected chi connectivity index (χ3v) is 5.36. The lowest BCUT2D eigenvalue weighted by atomic mass is 9.97. The van der Waals surface area contributed by atoms with Crippen LogP contribution in [0.5, 0.6) is 0 Å². The maximum absolute atomic E-state index is 12.9. The van der Waals surface area contributed by atoms with Crippen molar-refractivity contribution in [1.82, 2.24) is 23.6 Å². The van der Waals surface area contributed by atoms with Gasteiger partial charge in [-0.2, -0.15) is 4.98 Å². The number of fused-ring (bicyclic) bond motifs is 1. The van der Waals surface area contributed by atoms with Gasteiger partial charge < -0.3 is 4.90 Å². The van der Waals surface area contributed by atoms with E-state index >= 15 is 0 Å². The molecule has 2 aromatic heterocycles. The third kappa shape index (κ3) is 2.78. The van der Waals surface area contributed by atoms with E-state index in [1.165, 1.54) is 23.2 Å². The van der Waals surface area contributed by atoms with Gasteiger partial charge in [0.15, 0.2) is 11.2 Å². The number of piperidine rings is 1. The van der Waals surface area contributed by atoms with Gasteiger partial charge in [0.05, 0.1) is 0 Å². The Balaban J connectivity index is 2.08. The number of imidazole rings is 1. The van der Waals surface area contributed by atoms with Gasteiger partial charge in [0, 0.05) is 26.2 Å². The number of amides is 1. The van der Waals surface area contributed by atoms with Crippen molar-refractivity contribution in [3.05, 3.63) is 26.1 Å². The summed E-state index contributed by atoms with van der Waals surface area (Å²) in [5, 5.41) is 0.0268. The molecule has 3 rings (SSSR count). The average molecular weight is 368 g/mol. The monoisotopic (exact) mass is 367 g/mol. The Morgan fingerprint density at radius 3 is 2.36 bits per heavy atom. The van der Waals surface area contributed by atoms with Gasteiger partial charge in [0.2, 0.25) is 11.2 Å². The minimum atomic E-state index is -0.509. The van der Waals surface area contributed by atoms with E-state index in [1.807, 2.05) is 18.7 Å². The number of likely N-dealkylation sites (tertiary alicyclic amines) is 1. The highest BCUT2D eigenvalue weighted by molar-refractivity contribution is 6.29. The summed E-state index contributed by atoms with van der Waals surface area (Å²) in [7, 11) is 2.92. The zero-order chi connectivity index (χ0) is 18.5. The average Bonchev–Trinajstić information content (AvgIpc) is 2.87. The molecule has 0 saturated carbocycles. The van der Waals surface area contributed by atoms with Gasteiger partial charge in [-0.3, -0.25) is 23.3 Å². The molecule has 1 amide bonds. The van der Waals surface area contributed by atoms with Crippen molar-refractivity contribution in [2.24, 2.45) is 14.1 Å². The summed E-state index contributed by atoms with van der Waals surface area (Å²) in [4.78, 5) is 43.4. The first-order valence-electron chi connectivity index (χ1n) is 8.37. The molecule has 0 unspecified atom stereocenters. The first-order valence-corrected chi connectivity index (χ1v) is 8.74. The lowest BCUT2D eigenvalue weighted by Gasteiger charge is -2.39. The molecular weight excluding hydrogens is 346 g/mol. The van der Waals surface area contributed by atoms with E-state index in [9.17, 15) is 14.4 Å². The Bertz CT molecular complexity index is 947. The number of hydrogen-bond acceptors (Lipinski definition) is 4. The molecule has 0 aromatic carbocycles. The molecule has 2 aromatic rings. The van der Waals surface area contributed by atoms with Gasteiger partial charge in [-0.15, -0.1) is 0 Å². The second-order valence-electron chi connectivity index (χ2n) is 6.77. The lowest BCUT2D eigenvalue weighted by molar-refractivity contribution is -0.137. The number of halogens is 1. The number of rotatable bonds is 2. The van der Waals surface area contributed by atoms with Crippen LogP contribution in [-0.2, 0) is 25.4 Å². The highest BCUT2D eigenvalue weighted by atomic mass is 35.5. The van der Waals surface area contributed by atoms with Crippen molar-refractivity contribution in [3.63, 3.8) is 0 Å². The lowest BCUT2D eigenvalue weighted by Crippen LogP contribution is -2.48. The van der Waals surface area contributed by atoms with Gasteiger partial charge in [0.25, 0.3) is 5.56 Å². The number of aromatic nitrogens is 4. The highest BCUT2D eigenvalue weighted by Crippen LogP contribution is 2.24. The number of carbonyl (C=O) groups excluding carboxylic acids is 1. The SMILES string of the molecule is C[C@@H]1CCC[C@H](C)N1C(=O)Cn1c(Cl)nc2c1c(=O)n(C)c(=O)n2C. The van der Waals surface area contributed by atoms with Crippen LogP contribution >= 0.6 is 11.6 Å². The van der Waals surface area contributed by atoms with Crippen LogP contribution in [0.15, 0.2) is 9.59 Å². The molecule has 0 aliphatic carbocycles. The molecule has 9 heteroatoms. The van der Waals surface area contributed by atoms with Crippen molar-refractivity contribution < 1.29 is 4.79 Å². The van der Waals surface area contributed by atoms with Crippen LogP contribution in [0.3, 0.4) is 0 Å². The van der Waals surface area contributed by atoms with E-state index in [2.05, 4.69) is 4.98 Å². The molecule has 8 nitrogen and oxygen atoms in total. The van der Waals surface area contributed by atoms with Gasteiger partial charge >= 0.3 is 5.69 Å². The fourth-order valence-electron chi connectivity index (χ4n) is 3.69. The summed E-state index contributed by atoms with van der Waals surface area (Å²) in [6, 6.07) is 0.300. The van der Waals surface area contributed by atoms with E-state index < -0.39 is 11.2 Å². The van der Waals surface area contributed by atoms with Crippen LogP contribution in [0.4, 0.5) is 0 Å². The molecule has 1 saturated heterocycles. The predicted octanol–water partition coefficient (Wildman–Crippen LogP) is 0.877. The fourth-order valence-corrected chi connectivity index (χ4v) is 3.92. The maximum atomic E-state index is 12.9. The van der Waals surface area contributed by atoms with Crippen LogP contribution < -0.4 is 11.2 Å². The fraction of sp³-hybridized carbons (Fsp3) is 0.625. The third-order valence-electron chi connectivity index (χ3n) is 5.08. The Labute approximate surface area is 149 Å². The van der Waals surface area contributed by atoms with Crippen molar-refractivity contribution in [2.45, 2.75) is 51.7 Å². The van der Waals surface area contributed by atoms with Crippen LogP contribution in [0.25, 0.3) is 11.2 Å². The number of nitrogens with zero attached hydrogens (tertiary/aromatic N) is 5. The van der Waals surface area contributed by atoms with E-state index in [-0.39, 0.29) is 41.0 Å². The normalized spacial score (nSPS) is 21.1. The Kier molecular flexibility index (Phi) is 4.49. The standard InChI is InChI=1S/C16H22ClN5O3/c1-9-6-5-7-10(2)22(9)11(23)8-21-12-13(18-15(21)17)19(3)16(25)20(4)14(12)24/h9-10H,5-8H2,1-4H3/t9-,10+. The van der Waals surface area contributed by atoms with Crippen LogP contribution in [0.2, 0.25) is 5.28 Å². The van der Waals surface area contributed by atoms with Crippen LogP contribution in [-0.4, -0.2) is 41.6 Å². The zero-order valence-electron chi connectivity index (χ0n) is 14.8. The second-order valence-corrected chi connectivity index (χ2v) is 7.11.